The van der Waals surface area contributed by atoms with Gasteiger partial charge in [0.15, 0.2) is 40.1 Å². The maximum Gasteiger partial charge on any atom is 0.231 e. The second-order valence-electron chi connectivity index (χ2n) is 17.7. The second kappa shape index (κ2) is 15.5. The first-order chi connectivity index (χ1) is 26.8. The largest absolute Gasteiger partial charge is 0.454 e. The third kappa shape index (κ3) is 8.23. The van der Waals surface area contributed by atoms with Crippen LogP contribution in [0.2, 0.25) is 36.3 Å². The van der Waals surface area contributed by atoms with Crippen LogP contribution in [0.15, 0.2) is 54.0 Å². The molecule has 0 saturated carbocycles. The van der Waals surface area contributed by atoms with Crippen molar-refractivity contribution < 1.29 is 27.6 Å². The zero-order valence-electron chi connectivity index (χ0n) is 34.7. The topological polar surface area (TPSA) is 155 Å². The van der Waals surface area contributed by atoms with Gasteiger partial charge >= 0.3 is 0 Å². The number of nitrogen functional groups attached to an aromatic ring is 1. The van der Waals surface area contributed by atoms with Gasteiger partial charge in [-0.05, 0) is 61.4 Å². The molecule has 57 heavy (non-hydrogen) atoms. The van der Waals surface area contributed by atoms with Crippen molar-refractivity contribution in [3.63, 3.8) is 0 Å². The average Bonchev–Trinajstić information content (AvgIpc) is 3.92. The summed E-state index contributed by atoms with van der Waals surface area (Å²) in [5.41, 5.74) is 11.2. The standard InChI is InChI=1S/C41H53N7O6SSi2/c1-25-29(34(52-47-25)27-14-15-30-31(16-27)50-24-49-30)20-55-21-32-35(53-56(8,9)40(2,3)4)36(54-57(10,11)41(5,6)7)39(51-32)48-19-28(13-12-26-17-43-22-44-18-26)33-37(42)45-23-46-38(33)48/h14-19,22-23,32,35-36,39H,20-21,24H2,1-11H3,(H2,42,45,46)/t32-,35-,36-,39-/m1/s1. The number of hydrogen-bond donors (Lipinski definition) is 1. The van der Waals surface area contributed by atoms with Gasteiger partial charge in [-0.2, -0.15) is 11.8 Å². The molecule has 1 fully saturated rings. The highest BCUT2D eigenvalue weighted by atomic mass is 32.2. The normalized spacial score (nSPS) is 19.9. The summed E-state index contributed by atoms with van der Waals surface area (Å²) in [7, 11) is -4.77. The minimum absolute atomic E-state index is 0.0604. The molecule has 302 valence electrons. The molecule has 13 nitrogen and oxygen atoms in total. The summed E-state index contributed by atoms with van der Waals surface area (Å²) in [6.07, 6.45) is 6.45. The molecule has 6 heterocycles. The molecular formula is C41H53N7O6SSi2. The van der Waals surface area contributed by atoms with Crippen molar-refractivity contribution in [2.24, 2.45) is 0 Å². The first kappa shape index (κ1) is 40.9. The van der Waals surface area contributed by atoms with Crippen LogP contribution in [0, 0.1) is 18.8 Å². The number of anilines is 1. The lowest BCUT2D eigenvalue weighted by atomic mass is 10.1. The van der Waals surface area contributed by atoms with Crippen molar-refractivity contribution in [3.05, 3.63) is 71.8 Å². The van der Waals surface area contributed by atoms with Crippen LogP contribution in [-0.4, -0.2) is 77.2 Å². The van der Waals surface area contributed by atoms with Gasteiger partial charge in [0.25, 0.3) is 0 Å². The number of hydrogen-bond acceptors (Lipinski definition) is 13. The zero-order chi connectivity index (χ0) is 40.9. The van der Waals surface area contributed by atoms with E-state index in [2.05, 4.69) is 99.7 Å². The summed E-state index contributed by atoms with van der Waals surface area (Å²) in [5, 5.41) is 4.86. The van der Waals surface area contributed by atoms with Gasteiger partial charge in [-0.3, -0.25) is 0 Å². The first-order valence-corrected chi connectivity index (χ1v) is 26.1. The number of ether oxygens (including phenoxy) is 3. The number of aromatic nitrogens is 6. The Kier molecular flexibility index (Phi) is 11.1. The third-order valence-electron chi connectivity index (χ3n) is 11.7. The van der Waals surface area contributed by atoms with Crippen molar-refractivity contribution in [1.82, 2.24) is 29.7 Å². The fourth-order valence-electron chi connectivity index (χ4n) is 6.37. The number of nitrogens with two attached hydrogens (primary N) is 1. The fourth-order valence-corrected chi connectivity index (χ4v) is 10.1. The van der Waals surface area contributed by atoms with E-state index in [9.17, 15) is 0 Å². The van der Waals surface area contributed by atoms with Gasteiger partial charge < -0.3 is 37.9 Å². The minimum Gasteiger partial charge on any atom is -0.454 e. The number of fused-ring (bicyclic) bond motifs is 2. The van der Waals surface area contributed by atoms with E-state index in [-0.39, 0.29) is 29.1 Å². The van der Waals surface area contributed by atoms with E-state index in [1.54, 1.807) is 24.2 Å². The summed E-state index contributed by atoms with van der Waals surface area (Å²) in [4.78, 5) is 17.3. The Morgan fingerprint density at radius 1 is 0.912 bits per heavy atom. The molecule has 1 aromatic carbocycles. The summed E-state index contributed by atoms with van der Waals surface area (Å²) in [6.45, 7) is 24.8. The van der Waals surface area contributed by atoms with Gasteiger partial charge in [0.1, 0.15) is 36.3 Å². The summed E-state index contributed by atoms with van der Waals surface area (Å²) < 4.78 is 41.2. The first-order valence-electron chi connectivity index (χ1n) is 19.2. The van der Waals surface area contributed by atoms with E-state index in [1.165, 1.54) is 12.7 Å². The maximum atomic E-state index is 7.44. The SMILES string of the molecule is Cc1noc(-c2ccc3c(c2)OCO3)c1CSC[C@H]1O[C@@H](n2cc(C#Cc3cncnc3)c3c(N)ncnc32)[C@H](O[Si](C)(C)C(C)(C)C)[C@@H]1O[Si](C)(C)C(C)(C)C. The van der Waals surface area contributed by atoms with Crippen molar-refractivity contribution in [2.75, 3.05) is 18.3 Å². The number of benzene rings is 1. The van der Waals surface area contributed by atoms with E-state index in [0.717, 1.165) is 22.6 Å². The molecule has 0 radical (unpaired) electrons. The number of thioether (sulfide) groups is 1. The number of nitrogens with zero attached hydrogens (tertiary/aromatic N) is 6. The van der Waals surface area contributed by atoms with Gasteiger partial charge in [0, 0.05) is 41.2 Å². The molecule has 4 atom stereocenters. The predicted octanol–water partition coefficient (Wildman–Crippen LogP) is 8.51. The molecule has 7 rings (SSSR count). The van der Waals surface area contributed by atoms with Gasteiger partial charge in [-0.15, -0.1) is 0 Å². The summed E-state index contributed by atoms with van der Waals surface area (Å²) >= 11 is 1.75. The van der Waals surface area contributed by atoms with Crippen LogP contribution in [-0.2, 0) is 19.3 Å². The van der Waals surface area contributed by atoms with E-state index in [1.807, 2.05) is 35.9 Å². The molecule has 0 spiro atoms. The molecule has 16 heteroatoms. The molecule has 2 N–H and O–H groups in total. The monoisotopic (exact) mass is 827 g/mol. The van der Waals surface area contributed by atoms with Crippen LogP contribution < -0.4 is 15.2 Å². The summed E-state index contributed by atoms with van der Waals surface area (Å²) in [6, 6.07) is 5.82. The average molecular weight is 828 g/mol. The van der Waals surface area contributed by atoms with Crippen LogP contribution in [0.4, 0.5) is 5.82 Å². The van der Waals surface area contributed by atoms with Gasteiger partial charge in [0.2, 0.25) is 6.79 Å². The Labute approximate surface area is 341 Å². The smallest absolute Gasteiger partial charge is 0.231 e. The molecule has 0 unspecified atom stereocenters. The van der Waals surface area contributed by atoms with Crippen LogP contribution in [0.25, 0.3) is 22.4 Å². The predicted molar refractivity (Wildman–Crippen MR) is 227 cm³/mol. The Hall–Kier alpha value is -4.25. The van der Waals surface area contributed by atoms with E-state index < -0.39 is 29.0 Å². The fraction of sp³-hybridized carbons (Fsp3) is 0.488. The van der Waals surface area contributed by atoms with Crippen molar-refractivity contribution in [3.8, 4) is 34.7 Å². The van der Waals surface area contributed by atoms with Crippen LogP contribution >= 0.6 is 11.8 Å². The van der Waals surface area contributed by atoms with Crippen molar-refractivity contribution >= 4 is 45.2 Å². The van der Waals surface area contributed by atoms with Gasteiger partial charge in [0.05, 0.1) is 28.3 Å². The molecule has 2 aliphatic rings. The van der Waals surface area contributed by atoms with Crippen LogP contribution in [0.1, 0.15) is 70.2 Å². The highest BCUT2D eigenvalue weighted by molar-refractivity contribution is 7.98. The third-order valence-corrected chi connectivity index (χ3v) is 21.7. The quantitative estimate of drug-likeness (QED) is 0.106. The molecule has 1 saturated heterocycles. The van der Waals surface area contributed by atoms with Crippen molar-refractivity contribution in [1.29, 1.82) is 0 Å². The Balaban J connectivity index is 1.28. The maximum absolute atomic E-state index is 7.44. The van der Waals surface area contributed by atoms with E-state index >= 15 is 0 Å². The van der Waals surface area contributed by atoms with E-state index in [4.69, 9.17) is 38.3 Å². The van der Waals surface area contributed by atoms with Crippen LogP contribution in [0.5, 0.6) is 11.5 Å². The Bertz CT molecular complexity index is 2310. The second-order valence-corrected chi connectivity index (χ2v) is 28.2. The Morgan fingerprint density at radius 3 is 2.30 bits per heavy atom. The molecular weight excluding hydrogens is 775 g/mol. The Morgan fingerprint density at radius 2 is 1.60 bits per heavy atom. The molecule has 0 bridgehead atoms. The molecule has 0 aliphatic carbocycles. The molecule has 4 aromatic heterocycles. The van der Waals surface area contributed by atoms with Crippen molar-refractivity contribution in [2.45, 2.75) is 115 Å². The summed E-state index contributed by atoms with van der Waals surface area (Å²) in [5.74, 6) is 10.2. The molecule has 5 aromatic rings. The lowest BCUT2D eigenvalue weighted by Gasteiger charge is -2.44. The lowest BCUT2D eigenvalue weighted by Crippen LogP contribution is -2.53. The highest BCUT2D eigenvalue weighted by Gasteiger charge is 2.54. The zero-order valence-corrected chi connectivity index (χ0v) is 37.5. The molecule has 2 aliphatic heterocycles. The molecule has 0 amide bonds. The van der Waals surface area contributed by atoms with Crippen LogP contribution in [0.3, 0.4) is 0 Å². The van der Waals surface area contributed by atoms with E-state index in [0.29, 0.717) is 51.0 Å². The van der Waals surface area contributed by atoms with Gasteiger partial charge in [-0.25, -0.2) is 19.9 Å². The number of rotatable bonds is 10. The highest BCUT2D eigenvalue weighted by Crippen LogP contribution is 2.47. The lowest BCUT2D eigenvalue weighted by molar-refractivity contribution is -0.0244. The number of aryl methyl sites for hydroxylation is 1. The minimum atomic E-state index is -2.41. The van der Waals surface area contributed by atoms with Gasteiger partial charge in [-0.1, -0.05) is 58.5 Å².